The molecule has 0 fully saturated rings. The minimum absolute atomic E-state index is 0.108. The van der Waals surface area contributed by atoms with Crippen molar-refractivity contribution >= 4 is 17.8 Å². The molecule has 3 N–H and O–H groups in total. The van der Waals surface area contributed by atoms with Gasteiger partial charge in [-0.05, 0) is 5.56 Å². The van der Waals surface area contributed by atoms with Crippen LogP contribution in [0.2, 0.25) is 0 Å². The number of nitrogens with one attached hydrogen (secondary N) is 3. The largest absolute Gasteiger partial charge is 0.355 e. The summed E-state index contributed by atoms with van der Waals surface area (Å²) < 4.78 is 0. The molecule has 0 aliphatic rings. The predicted molar refractivity (Wildman–Crippen MR) is 72.8 cm³/mol. The molecule has 0 aliphatic carbocycles. The van der Waals surface area contributed by atoms with Crippen molar-refractivity contribution in [2.45, 2.75) is 12.8 Å². The van der Waals surface area contributed by atoms with E-state index in [4.69, 9.17) is 0 Å². The molecule has 0 aliphatic heterocycles. The zero-order chi connectivity index (χ0) is 14.2. The maximum absolute atomic E-state index is 11.6. The maximum Gasteiger partial charge on any atom is 0.228 e. The summed E-state index contributed by atoms with van der Waals surface area (Å²) >= 11 is 0. The number of H-pyrrole nitrogens is 1. The highest BCUT2D eigenvalue weighted by Gasteiger charge is 2.06. The third-order valence-corrected chi connectivity index (χ3v) is 2.55. The molecule has 0 saturated heterocycles. The van der Waals surface area contributed by atoms with E-state index in [1.165, 1.54) is 6.33 Å². The molecule has 1 aromatic heterocycles. The van der Waals surface area contributed by atoms with Gasteiger partial charge in [0, 0.05) is 13.0 Å². The van der Waals surface area contributed by atoms with Crippen molar-refractivity contribution in [3.8, 4) is 0 Å². The van der Waals surface area contributed by atoms with Crippen molar-refractivity contribution in [3.05, 3.63) is 42.2 Å². The lowest BCUT2D eigenvalue weighted by atomic mass is 10.1. The maximum atomic E-state index is 11.6. The smallest absolute Gasteiger partial charge is 0.228 e. The van der Waals surface area contributed by atoms with Crippen LogP contribution in [-0.2, 0) is 16.0 Å². The van der Waals surface area contributed by atoms with E-state index in [2.05, 4.69) is 25.8 Å². The number of anilines is 1. The number of hydrogen-bond donors (Lipinski definition) is 3. The Balaban J connectivity index is 1.65. The molecular formula is C13H15N5O2. The van der Waals surface area contributed by atoms with E-state index in [0.717, 1.165) is 5.56 Å². The van der Waals surface area contributed by atoms with E-state index in [1.54, 1.807) is 0 Å². The summed E-state index contributed by atoms with van der Waals surface area (Å²) in [7, 11) is 0. The standard InChI is InChI=1S/C13H15N5O2/c19-11(17-13-15-9-16-18-13)6-7-14-12(20)8-10-4-2-1-3-5-10/h1-5,9H,6-8H2,(H,14,20)(H2,15,16,17,18,19). The Hall–Kier alpha value is -2.70. The van der Waals surface area contributed by atoms with Crippen LogP contribution in [0.3, 0.4) is 0 Å². The molecule has 104 valence electrons. The number of hydrogen-bond acceptors (Lipinski definition) is 4. The Morgan fingerprint density at radius 3 is 2.65 bits per heavy atom. The third-order valence-electron chi connectivity index (χ3n) is 2.55. The van der Waals surface area contributed by atoms with Crippen LogP contribution in [-0.4, -0.2) is 33.5 Å². The van der Waals surface area contributed by atoms with Crippen molar-refractivity contribution in [2.75, 3.05) is 11.9 Å². The predicted octanol–water partition coefficient (Wildman–Crippen LogP) is 0.492. The Labute approximate surface area is 115 Å². The first-order valence-electron chi connectivity index (χ1n) is 6.20. The zero-order valence-electron chi connectivity index (χ0n) is 10.8. The second kappa shape index (κ2) is 7.03. The summed E-state index contributed by atoms with van der Waals surface area (Å²) in [5.41, 5.74) is 0.941. The van der Waals surface area contributed by atoms with Gasteiger partial charge >= 0.3 is 0 Å². The van der Waals surface area contributed by atoms with Crippen LogP contribution < -0.4 is 10.6 Å². The average molecular weight is 273 g/mol. The number of aromatic nitrogens is 3. The summed E-state index contributed by atoms with van der Waals surface area (Å²) in [6.45, 7) is 0.283. The summed E-state index contributed by atoms with van der Waals surface area (Å²) in [6, 6.07) is 9.43. The van der Waals surface area contributed by atoms with E-state index in [-0.39, 0.29) is 24.8 Å². The van der Waals surface area contributed by atoms with Crippen LogP contribution in [0.4, 0.5) is 5.95 Å². The molecule has 0 atom stereocenters. The second-order valence-electron chi connectivity index (χ2n) is 4.14. The second-order valence-corrected chi connectivity index (χ2v) is 4.14. The zero-order valence-corrected chi connectivity index (χ0v) is 10.8. The Kier molecular flexibility index (Phi) is 4.82. The fraction of sp³-hybridized carbons (Fsp3) is 0.231. The minimum atomic E-state index is -0.234. The number of amides is 2. The third kappa shape index (κ3) is 4.52. The minimum Gasteiger partial charge on any atom is -0.355 e. The highest BCUT2D eigenvalue weighted by Crippen LogP contribution is 1.99. The van der Waals surface area contributed by atoms with Crippen LogP contribution in [0.15, 0.2) is 36.7 Å². The van der Waals surface area contributed by atoms with Crippen molar-refractivity contribution in [1.29, 1.82) is 0 Å². The van der Waals surface area contributed by atoms with Crippen LogP contribution in [0, 0.1) is 0 Å². The van der Waals surface area contributed by atoms with Crippen molar-refractivity contribution in [3.63, 3.8) is 0 Å². The van der Waals surface area contributed by atoms with Gasteiger partial charge in [0.25, 0.3) is 0 Å². The van der Waals surface area contributed by atoms with E-state index < -0.39 is 0 Å². The van der Waals surface area contributed by atoms with Gasteiger partial charge in [0.05, 0.1) is 6.42 Å². The molecule has 2 aromatic rings. The van der Waals surface area contributed by atoms with Gasteiger partial charge in [0.1, 0.15) is 6.33 Å². The van der Waals surface area contributed by atoms with Crippen LogP contribution in [0.5, 0.6) is 0 Å². The van der Waals surface area contributed by atoms with E-state index >= 15 is 0 Å². The average Bonchev–Trinajstić information content (AvgIpc) is 2.92. The van der Waals surface area contributed by atoms with E-state index in [9.17, 15) is 9.59 Å². The van der Waals surface area contributed by atoms with Gasteiger partial charge in [0.2, 0.25) is 17.8 Å². The van der Waals surface area contributed by atoms with Crippen LogP contribution in [0.25, 0.3) is 0 Å². The molecule has 0 bridgehead atoms. The monoisotopic (exact) mass is 273 g/mol. The fourth-order valence-corrected chi connectivity index (χ4v) is 1.62. The molecule has 7 heteroatoms. The summed E-state index contributed by atoms with van der Waals surface area (Å²) in [5, 5.41) is 11.4. The molecule has 7 nitrogen and oxygen atoms in total. The lowest BCUT2D eigenvalue weighted by molar-refractivity contribution is -0.120. The molecule has 0 saturated carbocycles. The van der Waals surface area contributed by atoms with Crippen LogP contribution in [0.1, 0.15) is 12.0 Å². The van der Waals surface area contributed by atoms with Gasteiger partial charge in [0.15, 0.2) is 0 Å². The number of carbonyl (C=O) groups is 2. The Bertz CT molecular complexity index is 553. The van der Waals surface area contributed by atoms with Gasteiger partial charge in [-0.3, -0.25) is 14.9 Å². The molecular weight excluding hydrogens is 258 g/mol. The molecule has 2 rings (SSSR count). The molecule has 20 heavy (non-hydrogen) atoms. The number of rotatable bonds is 6. The SMILES string of the molecule is O=C(Cc1ccccc1)NCCC(=O)Nc1ncn[nH]1. The number of carbonyl (C=O) groups excluding carboxylic acids is 2. The Morgan fingerprint density at radius 2 is 1.95 bits per heavy atom. The first-order chi connectivity index (χ1) is 9.74. The van der Waals surface area contributed by atoms with Gasteiger partial charge in [-0.15, -0.1) is 0 Å². The van der Waals surface area contributed by atoms with Gasteiger partial charge in [-0.1, -0.05) is 30.3 Å². The topological polar surface area (TPSA) is 99.8 Å². The number of nitrogens with zero attached hydrogens (tertiary/aromatic N) is 2. The molecule has 2 amide bonds. The Morgan fingerprint density at radius 1 is 1.15 bits per heavy atom. The molecule has 0 unspecified atom stereocenters. The normalized spacial score (nSPS) is 10.0. The highest BCUT2D eigenvalue weighted by molar-refractivity contribution is 5.89. The van der Waals surface area contributed by atoms with Gasteiger partial charge < -0.3 is 5.32 Å². The lowest BCUT2D eigenvalue weighted by Crippen LogP contribution is -2.29. The van der Waals surface area contributed by atoms with Gasteiger partial charge in [-0.2, -0.15) is 10.1 Å². The number of aromatic amines is 1. The number of benzene rings is 1. The molecule has 0 radical (unpaired) electrons. The quantitative estimate of drug-likeness (QED) is 0.713. The van der Waals surface area contributed by atoms with E-state index in [1.807, 2.05) is 30.3 Å². The fourth-order valence-electron chi connectivity index (χ4n) is 1.62. The summed E-state index contributed by atoms with van der Waals surface area (Å²) in [5.74, 6) is -0.0453. The summed E-state index contributed by atoms with van der Waals surface area (Å²) in [6.07, 6.45) is 1.79. The highest BCUT2D eigenvalue weighted by atomic mass is 16.2. The lowest BCUT2D eigenvalue weighted by Gasteiger charge is -2.05. The van der Waals surface area contributed by atoms with Crippen molar-refractivity contribution in [2.24, 2.45) is 0 Å². The molecule has 0 spiro atoms. The van der Waals surface area contributed by atoms with Crippen molar-refractivity contribution < 1.29 is 9.59 Å². The molecule has 1 aromatic carbocycles. The first kappa shape index (κ1) is 13.7. The van der Waals surface area contributed by atoms with Crippen molar-refractivity contribution in [1.82, 2.24) is 20.5 Å². The van der Waals surface area contributed by atoms with Crippen LogP contribution >= 0.6 is 0 Å². The molecule has 1 heterocycles. The first-order valence-corrected chi connectivity index (χ1v) is 6.20. The van der Waals surface area contributed by atoms with Gasteiger partial charge in [-0.25, -0.2) is 5.10 Å². The van der Waals surface area contributed by atoms with E-state index in [0.29, 0.717) is 12.4 Å². The summed E-state index contributed by atoms with van der Waals surface area (Å²) in [4.78, 5) is 26.9.